The number of hydrogen-bond donors (Lipinski definition) is 0. The molecule has 3 atom stereocenters. The Labute approximate surface area is 187 Å². The standard InChI is InChI=1S/C25H30BrFO3/c26-24-21(11-6-12-22(24)27)25(18-30-23-13-4-5-15-28-23)14-7-10-20(16-25)29-17-19-8-2-1-3-9-19/h1-3,6,8-9,11-12,20,23H,4-5,7,10,13-18H2. The maximum atomic E-state index is 14.4. The van der Waals surface area contributed by atoms with E-state index in [9.17, 15) is 4.39 Å². The van der Waals surface area contributed by atoms with E-state index >= 15 is 0 Å². The molecule has 2 aliphatic rings. The van der Waals surface area contributed by atoms with Crippen molar-refractivity contribution in [1.29, 1.82) is 0 Å². The van der Waals surface area contributed by atoms with Gasteiger partial charge < -0.3 is 14.2 Å². The molecule has 0 N–H and O–H groups in total. The molecule has 0 amide bonds. The number of hydrogen-bond acceptors (Lipinski definition) is 3. The lowest BCUT2D eigenvalue weighted by atomic mass is 9.69. The second-order valence-corrected chi connectivity index (χ2v) is 9.30. The van der Waals surface area contributed by atoms with Gasteiger partial charge in [-0.3, -0.25) is 0 Å². The lowest BCUT2D eigenvalue weighted by Gasteiger charge is -2.42. The molecular weight excluding hydrogens is 447 g/mol. The highest BCUT2D eigenvalue weighted by Gasteiger charge is 2.41. The van der Waals surface area contributed by atoms with Crippen molar-refractivity contribution in [1.82, 2.24) is 0 Å². The normalized spacial score (nSPS) is 27.1. The zero-order chi connectivity index (χ0) is 20.8. The van der Waals surface area contributed by atoms with E-state index in [4.69, 9.17) is 14.2 Å². The fourth-order valence-corrected chi connectivity index (χ4v) is 5.39. The Bertz CT molecular complexity index is 809. The van der Waals surface area contributed by atoms with Crippen LogP contribution in [0.5, 0.6) is 0 Å². The number of halogens is 2. The summed E-state index contributed by atoms with van der Waals surface area (Å²) in [6.07, 6.45) is 6.91. The predicted molar refractivity (Wildman–Crippen MR) is 119 cm³/mol. The molecule has 1 aliphatic carbocycles. The first kappa shape index (κ1) is 21.9. The molecule has 1 heterocycles. The Balaban J connectivity index is 1.52. The van der Waals surface area contributed by atoms with Gasteiger partial charge >= 0.3 is 0 Å². The van der Waals surface area contributed by atoms with Crippen LogP contribution in [0.2, 0.25) is 0 Å². The molecule has 0 bridgehead atoms. The molecule has 2 aromatic carbocycles. The molecule has 0 radical (unpaired) electrons. The Hall–Kier alpha value is -1.27. The van der Waals surface area contributed by atoms with Crippen LogP contribution in [0.4, 0.5) is 4.39 Å². The number of ether oxygens (including phenoxy) is 3. The number of rotatable bonds is 7. The summed E-state index contributed by atoms with van der Waals surface area (Å²) in [5.41, 5.74) is 1.86. The lowest BCUT2D eigenvalue weighted by molar-refractivity contribution is -0.177. The van der Waals surface area contributed by atoms with Gasteiger partial charge in [0.2, 0.25) is 0 Å². The average Bonchev–Trinajstić information content (AvgIpc) is 2.80. The van der Waals surface area contributed by atoms with Gasteiger partial charge in [0.05, 0.1) is 23.8 Å². The quantitative estimate of drug-likeness (QED) is 0.454. The second kappa shape index (κ2) is 10.4. The molecule has 1 aliphatic heterocycles. The molecule has 162 valence electrons. The molecule has 1 saturated carbocycles. The molecule has 0 aromatic heterocycles. The maximum absolute atomic E-state index is 14.4. The summed E-state index contributed by atoms with van der Waals surface area (Å²) in [6.45, 7) is 1.87. The van der Waals surface area contributed by atoms with Crippen molar-refractivity contribution in [3.8, 4) is 0 Å². The average molecular weight is 477 g/mol. The van der Waals surface area contributed by atoms with E-state index in [1.807, 2.05) is 24.3 Å². The van der Waals surface area contributed by atoms with Crippen LogP contribution in [0.25, 0.3) is 0 Å². The van der Waals surface area contributed by atoms with Gasteiger partial charge in [-0.1, -0.05) is 42.5 Å². The summed E-state index contributed by atoms with van der Waals surface area (Å²) < 4.78 is 33.3. The zero-order valence-corrected chi connectivity index (χ0v) is 18.9. The first-order valence-electron chi connectivity index (χ1n) is 11.0. The molecule has 1 saturated heterocycles. The van der Waals surface area contributed by atoms with E-state index in [2.05, 4.69) is 28.1 Å². The SMILES string of the molecule is Fc1cccc(C2(COC3CCCCO3)CCCC(OCc3ccccc3)C2)c1Br. The van der Waals surface area contributed by atoms with Crippen LogP contribution in [0.3, 0.4) is 0 Å². The van der Waals surface area contributed by atoms with Gasteiger partial charge in [-0.05, 0) is 78.1 Å². The monoisotopic (exact) mass is 476 g/mol. The molecule has 30 heavy (non-hydrogen) atoms. The van der Waals surface area contributed by atoms with E-state index in [1.165, 1.54) is 11.6 Å². The van der Waals surface area contributed by atoms with E-state index in [0.717, 1.165) is 57.1 Å². The zero-order valence-electron chi connectivity index (χ0n) is 17.3. The Morgan fingerprint density at radius 1 is 1.00 bits per heavy atom. The molecular formula is C25H30BrFO3. The molecule has 3 nitrogen and oxygen atoms in total. The predicted octanol–water partition coefficient (Wildman–Crippen LogP) is 6.53. The highest BCUT2D eigenvalue weighted by Crippen LogP contribution is 2.44. The van der Waals surface area contributed by atoms with Crippen molar-refractivity contribution in [2.75, 3.05) is 13.2 Å². The van der Waals surface area contributed by atoms with Gasteiger partial charge in [-0.2, -0.15) is 0 Å². The van der Waals surface area contributed by atoms with Crippen molar-refractivity contribution in [2.45, 2.75) is 69.4 Å². The maximum Gasteiger partial charge on any atom is 0.157 e. The van der Waals surface area contributed by atoms with Gasteiger partial charge in [0, 0.05) is 12.0 Å². The second-order valence-electron chi connectivity index (χ2n) is 8.50. The fraction of sp³-hybridized carbons (Fsp3) is 0.520. The minimum Gasteiger partial charge on any atom is -0.374 e. The van der Waals surface area contributed by atoms with Crippen LogP contribution in [0, 0.1) is 5.82 Å². The third-order valence-electron chi connectivity index (χ3n) is 6.33. The highest BCUT2D eigenvalue weighted by molar-refractivity contribution is 9.10. The summed E-state index contributed by atoms with van der Waals surface area (Å²) in [6, 6.07) is 15.6. The van der Waals surface area contributed by atoms with Crippen LogP contribution < -0.4 is 0 Å². The van der Waals surface area contributed by atoms with Crippen molar-refractivity contribution in [3.05, 3.63) is 69.9 Å². The molecule has 3 unspecified atom stereocenters. The molecule has 2 fully saturated rings. The van der Waals surface area contributed by atoms with Crippen molar-refractivity contribution >= 4 is 15.9 Å². The smallest absolute Gasteiger partial charge is 0.157 e. The Morgan fingerprint density at radius 2 is 1.87 bits per heavy atom. The van der Waals surface area contributed by atoms with Crippen LogP contribution in [-0.4, -0.2) is 25.6 Å². The van der Waals surface area contributed by atoms with Gasteiger partial charge in [0.1, 0.15) is 5.82 Å². The first-order chi connectivity index (χ1) is 14.7. The van der Waals surface area contributed by atoms with Crippen LogP contribution in [-0.2, 0) is 26.2 Å². The van der Waals surface area contributed by atoms with E-state index in [0.29, 0.717) is 17.7 Å². The van der Waals surface area contributed by atoms with E-state index < -0.39 is 0 Å². The summed E-state index contributed by atoms with van der Waals surface area (Å²) >= 11 is 3.51. The fourth-order valence-electron chi connectivity index (χ4n) is 4.70. The third kappa shape index (κ3) is 5.31. The highest BCUT2D eigenvalue weighted by atomic mass is 79.9. The lowest BCUT2D eigenvalue weighted by Crippen LogP contribution is -2.42. The summed E-state index contributed by atoms with van der Waals surface area (Å²) in [5.74, 6) is -0.229. The van der Waals surface area contributed by atoms with Gasteiger partial charge in [0.25, 0.3) is 0 Å². The molecule has 4 rings (SSSR count). The first-order valence-corrected chi connectivity index (χ1v) is 11.8. The molecule has 5 heteroatoms. The Morgan fingerprint density at radius 3 is 2.67 bits per heavy atom. The van der Waals surface area contributed by atoms with Gasteiger partial charge in [-0.25, -0.2) is 4.39 Å². The summed E-state index contributed by atoms with van der Waals surface area (Å²) in [7, 11) is 0. The minimum atomic E-state index is -0.290. The third-order valence-corrected chi connectivity index (χ3v) is 7.14. The number of benzene rings is 2. The van der Waals surface area contributed by atoms with E-state index in [1.54, 1.807) is 6.07 Å². The van der Waals surface area contributed by atoms with Crippen LogP contribution in [0.15, 0.2) is 53.0 Å². The van der Waals surface area contributed by atoms with Crippen molar-refractivity contribution in [3.63, 3.8) is 0 Å². The summed E-state index contributed by atoms with van der Waals surface area (Å²) in [5, 5.41) is 0. The van der Waals surface area contributed by atoms with Crippen molar-refractivity contribution in [2.24, 2.45) is 0 Å². The van der Waals surface area contributed by atoms with Crippen LogP contribution in [0.1, 0.15) is 56.1 Å². The largest absolute Gasteiger partial charge is 0.374 e. The van der Waals surface area contributed by atoms with Crippen LogP contribution >= 0.6 is 15.9 Å². The van der Waals surface area contributed by atoms with Gasteiger partial charge in [0.15, 0.2) is 6.29 Å². The minimum absolute atomic E-state index is 0.116. The Kier molecular flexibility index (Phi) is 7.58. The molecule has 2 aromatic rings. The molecule has 0 spiro atoms. The van der Waals surface area contributed by atoms with Crippen molar-refractivity contribution < 1.29 is 18.6 Å². The topological polar surface area (TPSA) is 27.7 Å². The van der Waals surface area contributed by atoms with E-state index in [-0.39, 0.29) is 23.6 Å². The summed E-state index contributed by atoms with van der Waals surface area (Å²) in [4.78, 5) is 0. The van der Waals surface area contributed by atoms with Gasteiger partial charge in [-0.15, -0.1) is 0 Å².